The number of ether oxygens (including phenoxy) is 4. The van der Waals surface area contributed by atoms with E-state index in [2.05, 4.69) is 5.16 Å². The predicted molar refractivity (Wildman–Crippen MR) is 104 cm³/mol. The molecule has 0 saturated heterocycles. The molecular formula is C22H21NO6. The quantitative estimate of drug-likeness (QED) is 0.583. The Balaban J connectivity index is 1.42. The van der Waals surface area contributed by atoms with Gasteiger partial charge in [0.15, 0.2) is 17.3 Å². The third kappa shape index (κ3) is 3.89. The van der Waals surface area contributed by atoms with Gasteiger partial charge in [-0.2, -0.15) is 0 Å². The van der Waals surface area contributed by atoms with Crippen molar-refractivity contribution in [1.29, 1.82) is 0 Å². The molecule has 0 N–H and O–H groups in total. The van der Waals surface area contributed by atoms with Crippen LogP contribution < -0.4 is 14.2 Å². The summed E-state index contributed by atoms with van der Waals surface area (Å²) in [5, 5.41) is 4.00. The van der Waals surface area contributed by atoms with Crippen molar-refractivity contribution in [1.82, 2.24) is 5.16 Å². The maximum Gasteiger partial charge on any atom is 0.338 e. The Labute approximate surface area is 168 Å². The minimum atomic E-state index is -0.487. The lowest BCUT2D eigenvalue weighted by molar-refractivity contribution is 0.0464. The van der Waals surface area contributed by atoms with Crippen molar-refractivity contribution in [3.63, 3.8) is 0 Å². The van der Waals surface area contributed by atoms with Crippen LogP contribution in [-0.2, 0) is 17.8 Å². The molecule has 0 fully saturated rings. The first-order valence-electron chi connectivity index (χ1n) is 9.22. The lowest BCUT2D eigenvalue weighted by atomic mass is 10.1. The molecule has 1 aromatic heterocycles. The molecule has 150 valence electrons. The summed E-state index contributed by atoms with van der Waals surface area (Å²) in [5.41, 5.74) is 2.94. The molecule has 1 unspecified atom stereocenters. The van der Waals surface area contributed by atoms with Gasteiger partial charge in [-0.25, -0.2) is 4.79 Å². The second kappa shape index (κ2) is 7.87. The number of carbonyl (C=O) groups is 1. The predicted octanol–water partition coefficient (Wildman–Crippen LogP) is 4.04. The van der Waals surface area contributed by atoms with Gasteiger partial charge in [-0.1, -0.05) is 5.16 Å². The number of esters is 1. The summed E-state index contributed by atoms with van der Waals surface area (Å²) in [6, 6.07) is 12.5. The van der Waals surface area contributed by atoms with Crippen molar-refractivity contribution in [2.45, 2.75) is 26.1 Å². The summed E-state index contributed by atoms with van der Waals surface area (Å²) in [4.78, 5) is 12.3. The molecule has 0 saturated carbocycles. The van der Waals surface area contributed by atoms with Crippen LogP contribution >= 0.6 is 0 Å². The number of hydrogen-bond donors (Lipinski definition) is 0. The third-order valence-electron chi connectivity index (χ3n) is 4.71. The van der Waals surface area contributed by atoms with E-state index < -0.39 is 5.97 Å². The van der Waals surface area contributed by atoms with E-state index in [1.54, 1.807) is 24.3 Å². The fourth-order valence-electron chi connectivity index (χ4n) is 3.28. The van der Waals surface area contributed by atoms with E-state index >= 15 is 0 Å². The minimum absolute atomic E-state index is 0.00175. The second-order valence-corrected chi connectivity index (χ2v) is 6.78. The molecule has 3 aromatic rings. The minimum Gasteiger partial charge on any atom is -0.493 e. The summed E-state index contributed by atoms with van der Waals surface area (Å²) in [7, 11) is 3.04. The highest BCUT2D eigenvalue weighted by molar-refractivity contribution is 5.90. The fourth-order valence-corrected chi connectivity index (χ4v) is 3.28. The van der Waals surface area contributed by atoms with Crippen LogP contribution in [0.1, 0.15) is 28.5 Å². The highest BCUT2D eigenvalue weighted by atomic mass is 16.5. The molecule has 0 bridgehead atoms. The van der Waals surface area contributed by atoms with E-state index in [-0.39, 0.29) is 12.7 Å². The number of fused-ring (bicyclic) bond motifs is 1. The Morgan fingerprint density at radius 3 is 2.72 bits per heavy atom. The number of rotatable bonds is 6. The Morgan fingerprint density at radius 1 is 1.10 bits per heavy atom. The molecule has 1 aliphatic heterocycles. The Kier molecular flexibility index (Phi) is 5.12. The van der Waals surface area contributed by atoms with Crippen molar-refractivity contribution in [3.8, 4) is 28.6 Å². The summed E-state index contributed by atoms with van der Waals surface area (Å²) in [6.07, 6.45) is 1.05. The van der Waals surface area contributed by atoms with E-state index in [4.69, 9.17) is 23.5 Å². The van der Waals surface area contributed by atoms with Gasteiger partial charge >= 0.3 is 5.97 Å². The zero-order valence-corrected chi connectivity index (χ0v) is 16.4. The molecule has 7 heteroatoms. The Bertz CT molecular complexity index is 1040. The first kappa shape index (κ1) is 18.9. The maximum atomic E-state index is 12.3. The van der Waals surface area contributed by atoms with Crippen LogP contribution in [0.2, 0.25) is 0 Å². The maximum absolute atomic E-state index is 12.3. The monoisotopic (exact) mass is 395 g/mol. The fraction of sp³-hybridized carbons (Fsp3) is 0.273. The lowest BCUT2D eigenvalue weighted by Crippen LogP contribution is -2.06. The molecule has 0 aliphatic carbocycles. The van der Waals surface area contributed by atoms with Crippen molar-refractivity contribution in [2.24, 2.45) is 0 Å². The first-order chi connectivity index (χ1) is 14.1. The van der Waals surface area contributed by atoms with Gasteiger partial charge in [0.2, 0.25) is 0 Å². The average molecular weight is 395 g/mol. The lowest BCUT2D eigenvalue weighted by Gasteiger charge is -2.09. The van der Waals surface area contributed by atoms with Crippen molar-refractivity contribution in [2.75, 3.05) is 14.2 Å². The standard InChI is InChI=1S/C22H21NO6/c1-13-8-16-9-14(4-6-18(16)28-13)20-11-17(23-29-20)12-27-22(24)15-5-7-19(25-2)21(10-15)26-3/h4-7,9-11,13H,8,12H2,1-3H3. The smallest absolute Gasteiger partial charge is 0.338 e. The van der Waals surface area contributed by atoms with Gasteiger partial charge in [0, 0.05) is 18.1 Å². The zero-order chi connectivity index (χ0) is 20.4. The van der Waals surface area contributed by atoms with Crippen LogP contribution in [0.15, 0.2) is 47.0 Å². The van der Waals surface area contributed by atoms with Crippen LogP contribution in [0, 0.1) is 0 Å². The van der Waals surface area contributed by atoms with Gasteiger partial charge in [0.25, 0.3) is 0 Å². The van der Waals surface area contributed by atoms with Crippen molar-refractivity contribution < 1.29 is 28.3 Å². The SMILES string of the molecule is COc1ccc(C(=O)OCc2cc(-c3ccc4c(c3)CC(C)O4)on2)cc1OC. The molecule has 0 amide bonds. The third-order valence-corrected chi connectivity index (χ3v) is 4.71. The molecule has 7 nitrogen and oxygen atoms in total. The number of methoxy groups -OCH3 is 2. The van der Waals surface area contributed by atoms with Crippen LogP contribution in [-0.4, -0.2) is 31.4 Å². The normalized spacial score (nSPS) is 14.8. The zero-order valence-electron chi connectivity index (χ0n) is 16.4. The molecule has 2 aromatic carbocycles. The van der Waals surface area contributed by atoms with Gasteiger partial charge in [-0.05, 0) is 48.9 Å². The molecule has 2 heterocycles. The number of carbonyl (C=O) groups excluding carboxylic acids is 1. The van der Waals surface area contributed by atoms with E-state index in [0.717, 1.165) is 23.3 Å². The molecule has 1 aliphatic rings. The molecule has 1 atom stereocenters. The number of nitrogens with zero attached hydrogens (tertiary/aromatic N) is 1. The van der Waals surface area contributed by atoms with Crippen LogP contribution in [0.25, 0.3) is 11.3 Å². The molecule has 29 heavy (non-hydrogen) atoms. The van der Waals surface area contributed by atoms with Crippen molar-refractivity contribution >= 4 is 5.97 Å². The van der Waals surface area contributed by atoms with Crippen LogP contribution in [0.3, 0.4) is 0 Å². The Morgan fingerprint density at radius 2 is 1.93 bits per heavy atom. The second-order valence-electron chi connectivity index (χ2n) is 6.78. The summed E-state index contributed by atoms with van der Waals surface area (Å²) < 4.78 is 26.9. The van der Waals surface area contributed by atoms with Crippen LogP contribution in [0.4, 0.5) is 0 Å². The van der Waals surface area contributed by atoms with E-state index in [0.29, 0.717) is 28.5 Å². The highest BCUT2D eigenvalue weighted by Crippen LogP contribution is 2.33. The Hall–Kier alpha value is -3.48. The van der Waals surface area contributed by atoms with Gasteiger partial charge in [-0.15, -0.1) is 0 Å². The number of aromatic nitrogens is 1. The molecule has 0 spiro atoms. The number of benzene rings is 2. The molecule has 0 radical (unpaired) electrons. The van der Waals surface area contributed by atoms with Gasteiger partial charge in [0.1, 0.15) is 24.2 Å². The van der Waals surface area contributed by atoms with Gasteiger partial charge < -0.3 is 23.5 Å². The first-order valence-corrected chi connectivity index (χ1v) is 9.22. The largest absolute Gasteiger partial charge is 0.493 e. The summed E-state index contributed by atoms with van der Waals surface area (Å²) >= 11 is 0. The van der Waals surface area contributed by atoms with E-state index in [1.165, 1.54) is 14.2 Å². The summed E-state index contributed by atoms with van der Waals surface area (Å²) in [6.45, 7) is 2.04. The van der Waals surface area contributed by atoms with Gasteiger partial charge in [-0.3, -0.25) is 0 Å². The van der Waals surface area contributed by atoms with Gasteiger partial charge in [0.05, 0.1) is 19.8 Å². The molecule has 4 rings (SSSR count). The van der Waals surface area contributed by atoms with E-state index in [9.17, 15) is 4.79 Å². The highest BCUT2D eigenvalue weighted by Gasteiger charge is 2.20. The van der Waals surface area contributed by atoms with Crippen molar-refractivity contribution in [3.05, 3.63) is 59.3 Å². The molecular weight excluding hydrogens is 374 g/mol. The average Bonchev–Trinajstić information content (AvgIpc) is 3.36. The van der Waals surface area contributed by atoms with Crippen LogP contribution in [0.5, 0.6) is 17.2 Å². The summed E-state index contributed by atoms with van der Waals surface area (Å²) in [5.74, 6) is 2.04. The number of hydrogen-bond acceptors (Lipinski definition) is 7. The topological polar surface area (TPSA) is 80.0 Å². The van der Waals surface area contributed by atoms with E-state index in [1.807, 2.05) is 25.1 Å².